The van der Waals surface area contributed by atoms with Gasteiger partial charge in [0.25, 0.3) is 0 Å². The average Bonchev–Trinajstić information content (AvgIpc) is 2.67. The highest BCUT2D eigenvalue weighted by Gasteiger charge is 2.50. The Labute approximate surface area is 101 Å². The van der Waals surface area contributed by atoms with Gasteiger partial charge in [0.15, 0.2) is 0 Å². The van der Waals surface area contributed by atoms with Gasteiger partial charge in [-0.3, -0.25) is 0 Å². The lowest BCUT2D eigenvalue weighted by molar-refractivity contribution is -0.161. The molecule has 1 unspecified atom stereocenters. The number of nitrogen functional groups attached to an aromatic ring is 1. The van der Waals surface area contributed by atoms with E-state index in [1.165, 1.54) is 7.11 Å². The Morgan fingerprint density at radius 3 is 2.82 bits per heavy atom. The Morgan fingerprint density at radius 2 is 2.24 bits per heavy atom. The molecule has 2 rings (SSSR count). The maximum atomic E-state index is 12.0. The number of fused-ring (bicyclic) bond motifs is 1. The summed E-state index contributed by atoms with van der Waals surface area (Å²) in [6.07, 6.45) is 0.512. The summed E-state index contributed by atoms with van der Waals surface area (Å²) in [6, 6.07) is 5.42. The van der Waals surface area contributed by atoms with Gasteiger partial charge in [0, 0.05) is 23.6 Å². The summed E-state index contributed by atoms with van der Waals surface area (Å²) in [5.74, 6) is 0.421. The van der Waals surface area contributed by atoms with Gasteiger partial charge in [-0.2, -0.15) is 0 Å². The van der Waals surface area contributed by atoms with Gasteiger partial charge in [-0.25, -0.2) is 4.79 Å². The lowest BCUT2D eigenvalue weighted by Crippen LogP contribution is -2.49. The van der Waals surface area contributed by atoms with Crippen LogP contribution >= 0.6 is 0 Å². The molecule has 0 fully saturated rings. The van der Waals surface area contributed by atoms with Gasteiger partial charge in [-0.15, -0.1) is 0 Å². The van der Waals surface area contributed by atoms with Gasteiger partial charge >= 0.3 is 5.97 Å². The van der Waals surface area contributed by atoms with E-state index in [2.05, 4.69) is 0 Å². The molecule has 0 aliphatic carbocycles. The molecule has 2 N–H and O–H groups in total. The smallest absolute Gasteiger partial charge is 0.350 e. The van der Waals surface area contributed by atoms with Crippen molar-refractivity contribution in [3.63, 3.8) is 0 Å². The Bertz CT molecular complexity index is 456. The van der Waals surface area contributed by atoms with Gasteiger partial charge in [-0.05, 0) is 18.2 Å². The number of carbonyl (C=O) groups excluding carboxylic acids is 1. The van der Waals surface area contributed by atoms with E-state index in [1.54, 1.807) is 12.1 Å². The van der Waals surface area contributed by atoms with Gasteiger partial charge in [0.1, 0.15) is 5.75 Å². The van der Waals surface area contributed by atoms with Crippen LogP contribution in [0.2, 0.25) is 0 Å². The number of ether oxygens (including phenoxy) is 2. The quantitative estimate of drug-likeness (QED) is 0.627. The maximum Gasteiger partial charge on any atom is 0.350 e. The van der Waals surface area contributed by atoms with Crippen molar-refractivity contribution in [2.75, 3.05) is 12.8 Å². The third-order valence-corrected chi connectivity index (χ3v) is 3.29. The number of methoxy groups -OCH3 is 1. The number of benzene rings is 1. The first-order valence-electron chi connectivity index (χ1n) is 5.65. The second-order valence-electron chi connectivity index (χ2n) is 4.68. The third-order valence-electron chi connectivity index (χ3n) is 3.29. The van der Waals surface area contributed by atoms with E-state index in [1.807, 2.05) is 19.9 Å². The Morgan fingerprint density at radius 1 is 1.53 bits per heavy atom. The van der Waals surface area contributed by atoms with E-state index in [4.69, 9.17) is 15.2 Å². The van der Waals surface area contributed by atoms with Crippen LogP contribution in [0.25, 0.3) is 0 Å². The number of anilines is 1. The molecule has 4 heteroatoms. The summed E-state index contributed by atoms with van der Waals surface area (Å²) >= 11 is 0. The monoisotopic (exact) mass is 235 g/mol. The largest absolute Gasteiger partial charge is 0.475 e. The lowest BCUT2D eigenvalue weighted by Gasteiger charge is -2.29. The van der Waals surface area contributed by atoms with Crippen molar-refractivity contribution in [3.8, 4) is 5.75 Å². The number of nitrogens with two attached hydrogens (primary N) is 1. The first-order valence-corrected chi connectivity index (χ1v) is 5.65. The normalized spacial score (nSPS) is 22.1. The van der Waals surface area contributed by atoms with E-state index in [9.17, 15) is 4.79 Å². The summed E-state index contributed by atoms with van der Waals surface area (Å²) < 4.78 is 10.7. The van der Waals surface area contributed by atoms with Crippen molar-refractivity contribution in [1.29, 1.82) is 0 Å². The molecule has 1 aromatic carbocycles. The van der Waals surface area contributed by atoms with Crippen LogP contribution in [0.4, 0.5) is 5.69 Å². The second kappa shape index (κ2) is 3.95. The zero-order valence-electron chi connectivity index (χ0n) is 10.3. The Kier molecular flexibility index (Phi) is 2.73. The fourth-order valence-electron chi connectivity index (χ4n) is 2.20. The predicted octanol–water partition coefficient (Wildman–Crippen LogP) is 1.77. The van der Waals surface area contributed by atoms with Crippen molar-refractivity contribution in [2.45, 2.75) is 25.9 Å². The SMILES string of the molecule is COC(=O)C1(C(C)C)Cc2cc(N)ccc2O1. The topological polar surface area (TPSA) is 61.5 Å². The summed E-state index contributed by atoms with van der Waals surface area (Å²) in [5, 5.41) is 0. The zero-order chi connectivity index (χ0) is 12.6. The second-order valence-corrected chi connectivity index (χ2v) is 4.68. The molecule has 0 saturated carbocycles. The first kappa shape index (κ1) is 11.8. The molecule has 0 aromatic heterocycles. The highest BCUT2D eigenvalue weighted by molar-refractivity contribution is 5.82. The zero-order valence-corrected chi connectivity index (χ0v) is 10.3. The van der Waals surface area contributed by atoms with E-state index < -0.39 is 5.60 Å². The number of carbonyl (C=O) groups is 1. The lowest BCUT2D eigenvalue weighted by atomic mass is 9.86. The number of hydrogen-bond donors (Lipinski definition) is 1. The summed E-state index contributed by atoms with van der Waals surface area (Å²) in [6.45, 7) is 3.90. The van der Waals surface area contributed by atoms with E-state index in [0.717, 1.165) is 11.3 Å². The minimum absolute atomic E-state index is 0.0311. The maximum absolute atomic E-state index is 12.0. The highest BCUT2D eigenvalue weighted by atomic mass is 16.6. The van der Waals surface area contributed by atoms with Crippen LogP contribution in [-0.4, -0.2) is 18.7 Å². The van der Waals surface area contributed by atoms with Gasteiger partial charge in [0.05, 0.1) is 7.11 Å². The fraction of sp³-hybridized carbons (Fsp3) is 0.462. The van der Waals surface area contributed by atoms with Crippen LogP contribution < -0.4 is 10.5 Å². The van der Waals surface area contributed by atoms with Crippen LogP contribution in [0.3, 0.4) is 0 Å². The van der Waals surface area contributed by atoms with Crippen molar-refractivity contribution < 1.29 is 14.3 Å². The van der Waals surface area contributed by atoms with Crippen LogP contribution in [0, 0.1) is 5.92 Å². The molecule has 4 nitrogen and oxygen atoms in total. The van der Waals surface area contributed by atoms with Crippen LogP contribution in [0.5, 0.6) is 5.75 Å². The van der Waals surface area contributed by atoms with E-state index in [-0.39, 0.29) is 11.9 Å². The van der Waals surface area contributed by atoms with Crippen LogP contribution in [-0.2, 0) is 16.0 Å². The summed E-state index contributed by atoms with van der Waals surface area (Å²) in [4.78, 5) is 12.0. The molecule has 1 heterocycles. The van der Waals surface area contributed by atoms with Crippen molar-refractivity contribution in [1.82, 2.24) is 0 Å². The molecule has 1 aromatic rings. The molecule has 1 atom stereocenters. The molecule has 1 aliphatic rings. The van der Waals surface area contributed by atoms with Gasteiger partial charge in [0.2, 0.25) is 5.60 Å². The molecule has 0 amide bonds. The molecule has 1 aliphatic heterocycles. The van der Waals surface area contributed by atoms with Crippen molar-refractivity contribution >= 4 is 11.7 Å². The minimum Gasteiger partial charge on any atom is -0.475 e. The number of hydrogen-bond acceptors (Lipinski definition) is 4. The molecule has 0 radical (unpaired) electrons. The molecule has 17 heavy (non-hydrogen) atoms. The van der Waals surface area contributed by atoms with E-state index in [0.29, 0.717) is 12.1 Å². The van der Waals surface area contributed by atoms with Crippen molar-refractivity contribution in [3.05, 3.63) is 23.8 Å². The summed E-state index contributed by atoms with van der Waals surface area (Å²) in [7, 11) is 1.38. The molecular weight excluding hydrogens is 218 g/mol. The summed E-state index contributed by atoms with van der Waals surface area (Å²) in [5.41, 5.74) is 6.46. The van der Waals surface area contributed by atoms with E-state index >= 15 is 0 Å². The van der Waals surface area contributed by atoms with Crippen LogP contribution in [0.1, 0.15) is 19.4 Å². The predicted molar refractivity (Wildman–Crippen MR) is 64.8 cm³/mol. The molecule has 92 valence electrons. The first-order chi connectivity index (χ1) is 7.99. The fourth-order valence-corrected chi connectivity index (χ4v) is 2.20. The number of rotatable bonds is 2. The Hall–Kier alpha value is -1.71. The standard InChI is InChI=1S/C13H17NO3/c1-8(2)13(12(15)16-3)7-9-6-10(14)4-5-11(9)17-13/h4-6,8H,7,14H2,1-3H3. The van der Waals surface area contributed by atoms with Gasteiger partial charge < -0.3 is 15.2 Å². The molecule has 0 spiro atoms. The molecular formula is C13H17NO3. The van der Waals surface area contributed by atoms with Gasteiger partial charge in [-0.1, -0.05) is 13.8 Å². The number of esters is 1. The molecule has 0 saturated heterocycles. The highest BCUT2D eigenvalue weighted by Crippen LogP contribution is 2.40. The average molecular weight is 235 g/mol. The van der Waals surface area contributed by atoms with Crippen LogP contribution in [0.15, 0.2) is 18.2 Å². The van der Waals surface area contributed by atoms with Crippen molar-refractivity contribution in [2.24, 2.45) is 5.92 Å². The minimum atomic E-state index is -0.912. The third kappa shape index (κ3) is 1.73. The Balaban J connectivity index is 2.40. The molecule has 0 bridgehead atoms.